The van der Waals surface area contributed by atoms with Crippen molar-refractivity contribution in [2.24, 2.45) is 0 Å². The Hall–Kier alpha value is -1.78. The number of rotatable bonds is 1. The van der Waals surface area contributed by atoms with Crippen LogP contribution in [-0.4, -0.2) is 39.4 Å². The van der Waals surface area contributed by atoms with E-state index in [1.807, 2.05) is 40.0 Å². The number of carbonyl (C=O) groups excluding carboxylic acids is 1. The molecule has 1 N–H and O–H groups in total. The van der Waals surface area contributed by atoms with Crippen molar-refractivity contribution in [1.82, 2.24) is 15.1 Å². The number of nitrogens with zero attached hydrogens (tertiary/aromatic N) is 2. The molecule has 0 aromatic carbocycles. The number of nitrogens with one attached hydrogen (secondary N) is 1. The van der Waals surface area contributed by atoms with E-state index in [-0.39, 0.29) is 12.1 Å². The van der Waals surface area contributed by atoms with E-state index in [4.69, 9.17) is 4.74 Å². The molecule has 0 radical (unpaired) electrons. The Labute approximate surface area is 107 Å². The SMILES string of the molecule is CC1C(c2cn[nH]c2)=CCN1C(=O)OC(C)(C)C. The summed E-state index contributed by atoms with van der Waals surface area (Å²) in [7, 11) is 0. The zero-order valence-corrected chi connectivity index (χ0v) is 11.2. The van der Waals surface area contributed by atoms with Crippen LogP contribution in [0.1, 0.15) is 33.3 Å². The third-order valence-electron chi connectivity index (χ3n) is 2.89. The molecule has 1 unspecified atom stereocenters. The van der Waals surface area contributed by atoms with Crippen LogP contribution in [0.3, 0.4) is 0 Å². The van der Waals surface area contributed by atoms with E-state index in [9.17, 15) is 4.79 Å². The van der Waals surface area contributed by atoms with Gasteiger partial charge >= 0.3 is 6.09 Å². The van der Waals surface area contributed by atoms with Gasteiger partial charge in [0, 0.05) is 18.3 Å². The molecule has 1 amide bonds. The highest BCUT2D eigenvalue weighted by Crippen LogP contribution is 2.28. The monoisotopic (exact) mass is 249 g/mol. The Balaban J connectivity index is 2.06. The van der Waals surface area contributed by atoms with Gasteiger partial charge in [-0.15, -0.1) is 0 Å². The number of H-pyrrole nitrogens is 1. The van der Waals surface area contributed by atoms with E-state index in [1.165, 1.54) is 0 Å². The second-order valence-corrected chi connectivity index (χ2v) is 5.46. The first kappa shape index (κ1) is 12.7. The van der Waals surface area contributed by atoms with Crippen molar-refractivity contribution < 1.29 is 9.53 Å². The molecule has 5 nitrogen and oxygen atoms in total. The third kappa shape index (κ3) is 2.55. The van der Waals surface area contributed by atoms with Gasteiger partial charge in [0.15, 0.2) is 0 Å². The minimum atomic E-state index is -0.463. The third-order valence-corrected chi connectivity index (χ3v) is 2.89. The molecule has 2 heterocycles. The van der Waals surface area contributed by atoms with Crippen LogP contribution < -0.4 is 0 Å². The van der Waals surface area contributed by atoms with E-state index >= 15 is 0 Å². The molecule has 5 heteroatoms. The van der Waals surface area contributed by atoms with Crippen LogP contribution in [0.15, 0.2) is 18.5 Å². The molecular weight excluding hydrogens is 230 g/mol. The molecule has 1 aliphatic heterocycles. The minimum absolute atomic E-state index is 0.0115. The van der Waals surface area contributed by atoms with Crippen LogP contribution in [0.25, 0.3) is 5.57 Å². The fourth-order valence-electron chi connectivity index (χ4n) is 2.01. The summed E-state index contributed by atoms with van der Waals surface area (Å²) < 4.78 is 5.39. The molecule has 98 valence electrons. The average Bonchev–Trinajstić information content (AvgIpc) is 2.82. The summed E-state index contributed by atoms with van der Waals surface area (Å²) in [5.41, 5.74) is 1.66. The molecule has 18 heavy (non-hydrogen) atoms. The lowest BCUT2D eigenvalue weighted by atomic mass is 10.1. The number of aromatic nitrogens is 2. The van der Waals surface area contributed by atoms with Crippen molar-refractivity contribution in [3.63, 3.8) is 0 Å². The van der Waals surface area contributed by atoms with Crippen LogP contribution in [0.4, 0.5) is 4.79 Å². The Morgan fingerprint density at radius 2 is 2.28 bits per heavy atom. The van der Waals surface area contributed by atoms with Gasteiger partial charge in [0.05, 0.1) is 12.2 Å². The number of amides is 1. The van der Waals surface area contributed by atoms with E-state index in [0.717, 1.165) is 11.1 Å². The van der Waals surface area contributed by atoms with Crippen molar-refractivity contribution >= 4 is 11.7 Å². The number of carbonyl (C=O) groups is 1. The fourth-order valence-corrected chi connectivity index (χ4v) is 2.01. The van der Waals surface area contributed by atoms with Crippen molar-refractivity contribution in [1.29, 1.82) is 0 Å². The van der Waals surface area contributed by atoms with Gasteiger partial charge in [-0.05, 0) is 33.3 Å². The van der Waals surface area contributed by atoms with Gasteiger partial charge in [-0.1, -0.05) is 6.08 Å². The first-order chi connectivity index (χ1) is 8.38. The predicted octanol–water partition coefficient (Wildman–Crippen LogP) is 2.43. The highest BCUT2D eigenvalue weighted by Gasteiger charge is 2.31. The lowest BCUT2D eigenvalue weighted by Gasteiger charge is -2.28. The average molecular weight is 249 g/mol. The highest BCUT2D eigenvalue weighted by atomic mass is 16.6. The Kier molecular flexibility index (Phi) is 3.15. The zero-order valence-electron chi connectivity index (χ0n) is 11.2. The van der Waals surface area contributed by atoms with Crippen LogP contribution in [0, 0.1) is 0 Å². The Morgan fingerprint density at radius 3 is 2.83 bits per heavy atom. The van der Waals surface area contributed by atoms with Crippen LogP contribution in [-0.2, 0) is 4.74 Å². The zero-order chi connectivity index (χ0) is 13.3. The molecule has 1 aliphatic rings. The number of hydrogen-bond acceptors (Lipinski definition) is 3. The quantitative estimate of drug-likeness (QED) is 0.831. The smallest absolute Gasteiger partial charge is 0.411 e. The van der Waals surface area contributed by atoms with Gasteiger partial charge in [0.25, 0.3) is 0 Å². The normalized spacial score (nSPS) is 19.9. The molecule has 0 fully saturated rings. The molecule has 2 rings (SSSR count). The van der Waals surface area contributed by atoms with Gasteiger partial charge < -0.3 is 4.74 Å². The van der Waals surface area contributed by atoms with Gasteiger partial charge in [0.2, 0.25) is 0 Å². The maximum atomic E-state index is 12.0. The van der Waals surface area contributed by atoms with Crippen LogP contribution in [0.5, 0.6) is 0 Å². The van der Waals surface area contributed by atoms with E-state index < -0.39 is 5.60 Å². The summed E-state index contributed by atoms with van der Waals surface area (Å²) in [6.07, 6.45) is 5.37. The first-order valence-corrected chi connectivity index (χ1v) is 6.07. The molecule has 0 aliphatic carbocycles. The van der Waals surface area contributed by atoms with Gasteiger partial charge in [-0.3, -0.25) is 10.00 Å². The number of hydrogen-bond donors (Lipinski definition) is 1. The predicted molar refractivity (Wildman–Crippen MR) is 69.0 cm³/mol. The Bertz CT molecular complexity index is 457. The van der Waals surface area contributed by atoms with Crippen molar-refractivity contribution in [3.05, 3.63) is 24.0 Å². The molecule has 1 aromatic rings. The lowest BCUT2D eigenvalue weighted by Crippen LogP contribution is -2.39. The van der Waals surface area contributed by atoms with Crippen molar-refractivity contribution in [3.8, 4) is 0 Å². The minimum Gasteiger partial charge on any atom is -0.444 e. The summed E-state index contributed by atoms with van der Waals surface area (Å²) in [5, 5.41) is 6.71. The standard InChI is InChI=1S/C13H19N3O2/c1-9-11(10-7-14-15-8-10)5-6-16(9)12(17)18-13(2,3)4/h5,7-9H,6H2,1-4H3,(H,14,15). The molecule has 0 saturated heterocycles. The summed E-state index contributed by atoms with van der Waals surface area (Å²) in [6, 6.07) is 0.0115. The molecule has 0 bridgehead atoms. The molecule has 1 aromatic heterocycles. The second-order valence-electron chi connectivity index (χ2n) is 5.46. The van der Waals surface area contributed by atoms with Crippen LogP contribution in [0.2, 0.25) is 0 Å². The second kappa shape index (κ2) is 4.48. The summed E-state index contributed by atoms with van der Waals surface area (Å²) >= 11 is 0. The summed E-state index contributed by atoms with van der Waals surface area (Å²) in [5.74, 6) is 0. The molecule has 0 spiro atoms. The Morgan fingerprint density at radius 1 is 1.56 bits per heavy atom. The summed E-state index contributed by atoms with van der Waals surface area (Å²) in [6.45, 7) is 8.19. The van der Waals surface area contributed by atoms with Gasteiger partial charge in [0.1, 0.15) is 5.60 Å². The van der Waals surface area contributed by atoms with E-state index in [0.29, 0.717) is 6.54 Å². The first-order valence-electron chi connectivity index (χ1n) is 6.07. The van der Waals surface area contributed by atoms with Gasteiger partial charge in [-0.25, -0.2) is 4.79 Å². The highest BCUT2D eigenvalue weighted by molar-refractivity contribution is 5.79. The maximum absolute atomic E-state index is 12.0. The molecule has 1 atom stereocenters. The maximum Gasteiger partial charge on any atom is 0.411 e. The number of ether oxygens (including phenoxy) is 1. The topological polar surface area (TPSA) is 58.2 Å². The van der Waals surface area contributed by atoms with Crippen molar-refractivity contribution in [2.75, 3.05) is 6.54 Å². The summed E-state index contributed by atoms with van der Waals surface area (Å²) in [4.78, 5) is 13.7. The lowest BCUT2D eigenvalue weighted by molar-refractivity contribution is 0.0257. The van der Waals surface area contributed by atoms with E-state index in [2.05, 4.69) is 10.2 Å². The number of aromatic amines is 1. The molecule has 0 saturated carbocycles. The van der Waals surface area contributed by atoms with Crippen molar-refractivity contribution in [2.45, 2.75) is 39.3 Å². The van der Waals surface area contributed by atoms with Gasteiger partial charge in [-0.2, -0.15) is 5.10 Å². The largest absolute Gasteiger partial charge is 0.444 e. The van der Waals surface area contributed by atoms with E-state index in [1.54, 1.807) is 11.1 Å². The fraction of sp³-hybridized carbons (Fsp3) is 0.538. The van der Waals surface area contributed by atoms with Crippen LogP contribution >= 0.6 is 0 Å². The molecular formula is C13H19N3O2.